The lowest BCUT2D eigenvalue weighted by Crippen LogP contribution is -2.55. The normalized spacial score (nSPS) is 25.4. The smallest absolute Gasteiger partial charge is 0.410 e. The molecule has 4 atom stereocenters. The van der Waals surface area contributed by atoms with E-state index < -0.39 is 59.6 Å². The number of nitrogen functional groups attached to an aromatic ring is 1. The highest BCUT2D eigenvalue weighted by Gasteiger charge is 2.44. The first-order valence-corrected chi connectivity index (χ1v) is 10.4. The Morgan fingerprint density at radius 2 is 1.94 bits per heavy atom. The quantitative estimate of drug-likeness (QED) is 0.461. The van der Waals surface area contributed by atoms with Gasteiger partial charge in [-0.05, 0) is 45.7 Å². The lowest BCUT2D eigenvalue weighted by atomic mass is 10.0. The summed E-state index contributed by atoms with van der Waals surface area (Å²) in [5.74, 6) is -2.64. The van der Waals surface area contributed by atoms with Gasteiger partial charge in [-0.15, -0.1) is 0 Å². The highest BCUT2D eigenvalue weighted by Crippen LogP contribution is 2.39. The maximum atomic E-state index is 14.6. The van der Waals surface area contributed by atoms with Gasteiger partial charge in [0.25, 0.3) is 5.91 Å². The summed E-state index contributed by atoms with van der Waals surface area (Å²) < 4.78 is 59.6. The molecule has 4 N–H and O–H groups in total. The van der Waals surface area contributed by atoms with Crippen LogP contribution >= 0.6 is 0 Å². The van der Waals surface area contributed by atoms with Gasteiger partial charge in [0.05, 0.1) is 23.0 Å². The summed E-state index contributed by atoms with van der Waals surface area (Å²) in [5.41, 5.74) is 4.85. The van der Waals surface area contributed by atoms with Gasteiger partial charge in [-0.25, -0.2) is 22.4 Å². The number of piperidine rings is 1. The van der Waals surface area contributed by atoms with E-state index in [0.717, 1.165) is 12.1 Å². The number of hydrogen-bond acceptors (Lipinski definition) is 5. The molecule has 2 amide bonds. The van der Waals surface area contributed by atoms with Crippen LogP contribution < -0.4 is 16.4 Å². The Labute approximate surface area is 183 Å². The average Bonchev–Trinajstić information content (AvgIpc) is 3.44. The number of likely N-dealkylation sites (tertiary alicyclic amines) is 1. The predicted octanol–water partition coefficient (Wildman–Crippen LogP) is 3.55. The number of carbonyl (C=O) groups excluding carboxylic acids is 2. The van der Waals surface area contributed by atoms with Crippen molar-refractivity contribution in [2.24, 2.45) is 5.92 Å². The van der Waals surface area contributed by atoms with Crippen molar-refractivity contribution < 1.29 is 31.9 Å². The zero-order chi connectivity index (χ0) is 23.8. The minimum absolute atomic E-state index is 0.00675. The number of rotatable bonds is 5. The van der Waals surface area contributed by atoms with Gasteiger partial charge in [-0.1, -0.05) is 0 Å². The molecular formula is C21H28F4N4O3. The van der Waals surface area contributed by atoms with Gasteiger partial charge >= 0.3 is 6.09 Å². The van der Waals surface area contributed by atoms with Gasteiger partial charge in [0, 0.05) is 25.0 Å². The van der Waals surface area contributed by atoms with Crippen LogP contribution in [-0.2, 0) is 4.74 Å². The van der Waals surface area contributed by atoms with Crippen molar-refractivity contribution in [2.45, 2.75) is 63.9 Å². The highest BCUT2D eigenvalue weighted by molar-refractivity contribution is 5.96. The number of nitrogens with zero attached hydrogens (tertiary/aromatic N) is 1. The molecule has 1 aliphatic carbocycles. The molecule has 178 valence electrons. The molecule has 32 heavy (non-hydrogen) atoms. The van der Waals surface area contributed by atoms with Crippen molar-refractivity contribution >= 4 is 23.4 Å². The number of nitrogens with two attached hydrogens (primary N) is 1. The maximum absolute atomic E-state index is 14.6. The minimum Gasteiger partial charge on any atom is -0.444 e. The Morgan fingerprint density at radius 1 is 1.25 bits per heavy atom. The molecule has 1 aromatic rings. The fraction of sp³-hybridized carbons (Fsp3) is 0.619. The molecule has 11 heteroatoms. The van der Waals surface area contributed by atoms with Crippen LogP contribution in [0.1, 0.15) is 44.0 Å². The Bertz CT molecular complexity index is 877. The third-order valence-electron chi connectivity index (χ3n) is 5.38. The fourth-order valence-electron chi connectivity index (χ4n) is 3.55. The fourth-order valence-corrected chi connectivity index (χ4v) is 3.55. The second-order valence-electron chi connectivity index (χ2n) is 9.22. The van der Waals surface area contributed by atoms with Crippen molar-refractivity contribution in [3.05, 3.63) is 23.5 Å². The second kappa shape index (κ2) is 9.03. The van der Waals surface area contributed by atoms with E-state index in [1.807, 2.05) is 0 Å². The molecule has 7 nitrogen and oxygen atoms in total. The van der Waals surface area contributed by atoms with Crippen LogP contribution in [0, 0.1) is 11.7 Å². The number of benzene rings is 1. The molecule has 2 aliphatic rings. The Balaban J connectivity index is 1.65. The molecule has 1 heterocycles. The third-order valence-corrected chi connectivity index (χ3v) is 5.38. The van der Waals surface area contributed by atoms with Gasteiger partial charge in [0.1, 0.15) is 17.6 Å². The van der Waals surface area contributed by atoms with Crippen molar-refractivity contribution in [3.8, 4) is 0 Å². The number of halogens is 4. The number of ether oxygens (including phenoxy) is 1. The Morgan fingerprint density at radius 3 is 2.53 bits per heavy atom. The maximum Gasteiger partial charge on any atom is 0.410 e. The summed E-state index contributed by atoms with van der Waals surface area (Å²) in [4.78, 5) is 26.1. The van der Waals surface area contributed by atoms with Gasteiger partial charge in [-0.3, -0.25) is 4.79 Å². The molecule has 0 bridgehead atoms. The van der Waals surface area contributed by atoms with Crippen molar-refractivity contribution in [2.75, 3.05) is 24.1 Å². The first kappa shape index (κ1) is 23.9. The van der Waals surface area contributed by atoms with E-state index in [1.54, 1.807) is 20.8 Å². The molecule has 1 aromatic carbocycles. The summed E-state index contributed by atoms with van der Waals surface area (Å²) >= 11 is 0. The van der Waals surface area contributed by atoms with Crippen molar-refractivity contribution in [1.29, 1.82) is 0 Å². The zero-order valence-corrected chi connectivity index (χ0v) is 18.1. The number of nitrogens with one attached hydrogen (secondary N) is 2. The minimum atomic E-state index is -2.48. The molecular weight excluding hydrogens is 432 g/mol. The van der Waals surface area contributed by atoms with E-state index in [9.17, 15) is 27.2 Å². The largest absolute Gasteiger partial charge is 0.444 e. The first-order valence-electron chi connectivity index (χ1n) is 10.4. The summed E-state index contributed by atoms with van der Waals surface area (Å²) in [5, 5.41) is 5.17. The number of anilines is 2. The van der Waals surface area contributed by atoms with E-state index in [-0.39, 0.29) is 37.3 Å². The molecule has 0 radical (unpaired) electrons. The molecule has 0 unspecified atom stereocenters. The molecule has 2 fully saturated rings. The predicted molar refractivity (Wildman–Crippen MR) is 111 cm³/mol. The van der Waals surface area contributed by atoms with E-state index in [1.165, 1.54) is 4.90 Å². The van der Waals surface area contributed by atoms with Crippen LogP contribution in [0.3, 0.4) is 0 Å². The summed E-state index contributed by atoms with van der Waals surface area (Å²) in [6.45, 7) is 5.11. The molecule has 1 aliphatic heterocycles. The van der Waals surface area contributed by atoms with Crippen LogP contribution in [0.15, 0.2) is 12.1 Å². The molecule has 1 saturated heterocycles. The number of amides is 2. The van der Waals surface area contributed by atoms with Gasteiger partial charge in [-0.2, -0.15) is 0 Å². The van der Waals surface area contributed by atoms with E-state index in [4.69, 9.17) is 10.5 Å². The number of hydrogen-bond donors (Lipinski definition) is 3. The number of alkyl halides is 3. The molecule has 0 spiro atoms. The summed E-state index contributed by atoms with van der Waals surface area (Å²) in [6, 6.07) is 0.477. The second-order valence-corrected chi connectivity index (χ2v) is 9.22. The van der Waals surface area contributed by atoms with Crippen LogP contribution in [0.2, 0.25) is 0 Å². The Kier molecular flexibility index (Phi) is 6.75. The van der Waals surface area contributed by atoms with E-state index in [0.29, 0.717) is 0 Å². The summed E-state index contributed by atoms with van der Waals surface area (Å²) in [7, 11) is 0. The standard InChI is InChI=1S/C21H28F4N4O3/c1-21(2,3)32-20(31)29-5-4-12(22)17(9-29)28-19(30)10-6-14(26)16(8-13(10)23)27-15-7-11(15)18(24)25/h6,8,11-12,15,17-18,27H,4-5,7,9,26H2,1-3H3,(H,28,30)/t11-,12+,15+,17+/m1/s1. The zero-order valence-electron chi connectivity index (χ0n) is 18.1. The Hall–Kier alpha value is -2.72. The van der Waals surface area contributed by atoms with Crippen LogP contribution in [0.25, 0.3) is 0 Å². The van der Waals surface area contributed by atoms with Gasteiger partial charge in [0.2, 0.25) is 6.43 Å². The SMILES string of the molecule is CC(C)(C)OC(=O)N1CC[C@H](F)[C@@H](NC(=O)c2cc(N)c(N[C@H]3C[C@H]3C(F)F)cc2F)C1. The molecule has 0 aromatic heterocycles. The van der Waals surface area contributed by atoms with Crippen molar-refractivity contribution in [1.82, 2.24) is 10.2 Å². The van der Waals surface area contributed by atoms with Crippen LogP contribution in [-0.4, -0.2) is 60.3 Å². The van der Waals surface area contributed by atoms with Gasteiger partial charge in [0.15, 0.2) is 0 Å². The van der Waals surface area contributed by atoms with Gasteiger partial charge < -0.3 is 26.0 Å². The summed E-state index contributed by atoms with van der Waals surface area (Å²) in [6.07, 6.45) is -4.30. The third kappa shape index (κ3) is 5.74. The van der Waals surface area contributed by atoms with Crippen LogP contribution in [0.5, 0.6) is 0 Å². The van der Waals surface area contributed by atoms with Crippen LogP contribution in [0.4, 0.5) is 33.7 Å². The lowest BCUT2D eigenvalue weighted by Gasteiger charge is -2.36. The first-order chi connectivity index (χ1) is 14.9. The highest BCUT2D eigenvalue weighted by atomic mass is 19.3. The molecule has 1 saturated carbocycles. The monoisotopic (exact) mass is 460 g/mol. The lowest BCUT2D eigenvalue weighted by molar-refractivity contribution is 0.0112. The van der Waals surface area contributed by atoms with E-state index >= 15 is 0 Å². The average molecular weight is 460 g/mol. The number of carbonyl (C=O) groups is 2. The van der Waals surface area contributed by atoms with E-state index in [2.05, 4.69) is 10.6 Å². The molecule has 3 rings (SSSR count). The van der Waals surface area contributed by atoms with Crippen molar-refractivity contribution in [3.63, 3.8) is 0 Å². The topological polar surface area (TPSA) is 96.7 Å².